The van der Waals surface area contributed by atoms with Crippen molar-refractivity contribution in [2.24, 2.45) is 0 Å². The SMILES string of the molecule is O=C(Nc1cc(F)cc(Cl)c1)c1ccccc1O. The van der Waals surface area contributed by atoms with Crippen LogP contribution in [0, 0.1) is 5.82 Å². The summed E-state index contributed by atoms with van der Waals surface area (Å²) in [7, 11) is 0. The van der Waals surface area contributed by atoms with Crippen LogP contribution >= 0.6 is 11.6 Å². The van der Waals surface area contributed by atoms with Gasteiger partial charge in [-0.2, -0.15) is 0 Å². The third-order valence-electron chi connectivity index (χ3n) is 2.27. The number of phenolic OH excluding ortho intramolecular Hbond substituents is 1. The normalized spacial score (nSPS) is 10.1. The summed E-state index contributed by atoms with van der Waals surface area (Å²) >= 11 is 5.67. The van der Waals surface area contributed by atoms with E-state index >= 15 is 0 Å². The van der Waals surface area contributed by atoms with Crippen molar-refractivity contribution in [3.05, 3.63) is 58.9 Å². The lowest BCUT2D eigenvalue weighted by molar-refractivity contribution is 0.102. The number of hydrogen-bond donors (Lipinski definition) is 2. The first-order valence-electron chi connectivity index (χ1n) is 5.12. The molecule has 2 aromatic carbocycles. The predicted octanol–water partition coefficient (Wildman–Crippen LogP) is 3.44. The largest absolute Gasteiger partial charge is 0.507 e. The number of anilines is 1. The molecule has 0 saturated heterocycles. The summed E-state index contributed by atoms with van der Waals surface area (Å²) in [6.07, 6.45) is 0. The highest BCUT2D eigenvalue weighted by Crippen LogP contribution is 2.21. The fourth-order valence-corrected chi connectivity index (χ4v) is 1.71. The first kappa shape index (κ1) is 12.4. The molecule has 0 aliphatic rings. The Morgan fingerprint density at radius 3 is 2.61 bits per heavy atom. The van der Waals surface area contributed by atoms with E-state index in [9.17, 15) is 14.3 Å². The number of aromatic hydroxyl groups is 1. The van der Waals surface area contributed by atoms with Crippen molar-refractivity contribution < 1.29 is 14.3 Å². The summed E-state index contributed by atoms with van der Waals surface area (Å²) in [5.74, 6) is -1.22. The average Bonchev–Trinajstić information content (AvgIpc) is 2.27. The number of benzene rings is 2. The number of nitrogens with one attached hydrogen (secondary N) is 1. The number of para-hydroxylation sites is 1. The highest BCUT2D eigenvalue weighted by molar-refractivity contribution is 6.31. The summed E-state index contributed by atoms with van der Waals surface area (Å²) in [5.41, 5.74) is 0.339. The minimum Gasteiger partial charge on any atom is -0.507 e. The van der Waals surface area contributed by atoms with E-state index in [4.69, 9.17) is 11.6 Å². The van der Waals surface area contributed by atoms with Gasteiger partial charge in [0.25, 0.3) is 5.91 Å². The van der Waals surface area contributed by atoms with Gasteiger partial charge in [0.1, 0.15) is 11.6 Å². The monoisotopic (exact) mass is 265 g/mol. The molecular formula is C13H9ClFNO2. The van der Waals surface area contributed by atoms with Gasteiger partial charge in [-0.1, -0.05) is 23.7 Å². The van der Waals surface area contributed by atoms with Crippen LogP contribution < -0.4 is 5.32 Å². The van der Waals surface area contributed by atoms with Crippen molar-refractivity contribution in [3.8, 4) is 5.75 Å². The van der Waals surface area contributed by atoms with E-state index in [1.165, 1.54) is 18.2 Å². The van der Waals surface area contributed by atoms with Crippen molar-refractivity contribution in [1.82, 2.24) is 0 Å². The highest BCUT2D eigenvalue weighted by Gasteiger charge is 2.11. The fourth-order valence-electron chi connectivity index (χ4n) is 1.49. The maximum absolute atomic E-state index is 13.1. The zero-order chi connectivity index (χ0) is 13.1. The molecule has 2 rings (SSSR count). The second kappa shape index (κ2) is 5.06. The maximum atomic E-state index is 13.1. The fraction of sp³-hybridized carbons (Fsp3) is 0. The van der Waals surface area contributed by atoms with Crippen molar-refractivity contribution in [2.75, 3.05) is 5.32 Å². The van der Waals surface area contributed by atoms with Gasteiger partial charge in [0.2, 0.25) is 0 Å². The molecule has 2 aromatic rings. The van der Waals surface area contributed by atoms with E-state index in [1.54, 1.807) is 12.1 Å². The minimum atomic E-state index is -0.546. The zero-order valence-electron chi connectivity index (χ0n) is 9.15. The van der Waals surface area contributed by atoms with Crippen LogP contribution in [-0.4, -0.2) is 11.0 Å². The van der Waals surface area contributed by atoms with Gasteiger partial charge in [0.05, 0.1) is 5.56 Å². The molecule has 0 spiro atoms. The van der Waals surface area contributed by atoms with E-state index in [2.05, 4.69) is 5.32 Å². The van der Waals surface area contributed by atoms with E-state index in [-0.39, 0.29) is 22.0 Å². The van der Waals surface area contributed by atoms with Gasteiger partial charge < -0.3 is 10.4 Å². The topological polar surface area (TPSA) is 49.3 Å². The molecule has 92 valence electrons. The van der Waals surface area contributed by atoms with E-state index < -0.39 is 11.7 Å². The van der Waals surface area contributed by atoms with Gasteiger partial charge in [-0.3, -0.25) is 4.79 Å². The molecule has 18 heavy (non-hydrogen) atoms. The molecule has 0 unspecified atom stereocenters. The van der Waals surface area contributed by atoms with E-state index in [1.807, 2.05) is 0 Å². The molecule has 0 heterocycles. The Kier molecular flexibility index (Phi) is 3.48. The smallest absolute Gasteiger partial charge is 0.259 e. The summed E-state index contributed by atoms with van der Waals surface area (Å²) in [6.45, 7) is 0. The summed E-state index contributed by atoms with van der Waals surface area (Å²) < 4.78 is 13.1. The van der Waals surface area contributed by atoms with E-state index in [0.29, 0.717) is 0 Å². The second-order valence-electron chi connectivity index (χ2n) is 3.63. The minimum absolute atomic E-state index is 0.109. The third-order valence-corrected chi connectivity index (χ3v) is 2.49. The Labute approximate surface area is 108 Å². The third kappa shape index (κ3) is 2.78. The van der Waals surface area contributed by atoms with Crippen molar-refractivity contribution in [3.63, 3.8) is 0 Å². The number of hydrogen-bond acceptors (Lipinski definition) is 2. The van der Waals surface area contributed by atoms with Gasteiger partial charge >= 0.3 is 0 Å². The summed E-state index contributed by atoms with van der Waals surface area (Å²) in [5, 5.41) is 12.1. The molecule has 0 radical (unpaired) electrons. The lowest BCUT2D eigenvalue weighted by atomic mass is 10.2. The lowest BCUT2D eigenvalue weighted by Crippen LogP contribution is -2.12. The van der Waals surface area contributed by atoms with Gasteiger partial charge in [-0.25, -0.2) is 4.39 Å². The molecule has 0 aliphatic heterocycles. The molecule has 5 heteroatoms. The van der Waals surface area contributed by atoms with Crippen LogP contribution in [0.1, 0.15) is 10.4 Å². The predicted molar refractivity (Wildman–Crippen MR) is 67.5 cm³/mol. The first-order chi connectivity index (χ1) is 8.56. The highest BCUT2D eigenvalue weighted by atomic mass is 35.5. The maximum Gasteiger partial charge on any atom is 0.259 e. The lowest BCUT2D eigenvalue weighted by Gasteiger charge is -2.07. The van der Waals surface area contributed by atoms with Crippen LogP contribution in [0.3, 0.4) is 0 Å². The molecular weight excluding hydrogens is 257 g/mol. The summed E-state index contributed by atoms with van der Waals surface area (Å²) in [4.78, 5) is 11.8. The molecule has 0 aliphatic carbocycles. The van der Waals surface area contributed by atoms with Crippen LogP contribution in [0.15, 0.2) is 42.5 Å². The Morgan fingerprint density at radius 2 is 1.94 bits per heavy atom. The molecule has 0 atom stereocenters. The molecule has 0 bridgehead atoms. The molecule has 0 aromatic heterocycles. The molecule has 0 saturated carbocycles. The first-order valence-corrected chi connectivity index (χ1v) is 5.49. The Morgan fingerprint density at radius 1 is 1.22 bits per heavy atom. The average molecular weight is 266 g/mol. The second-order valence-corrected chi connectivity index (χ2v) is 4.07. The molecule has 0 fully saturated rings. The van der Waals surface area contributed by atoms with Gasteiger partial charge in [0.15, 0.2) is 0 Å². The number of phenols is 1. The Balaban J connectivity index is 2.24. The number of halogens is 2. The molecule has 3 nitrogen and oxygen atoms in total. The van der Waals surface area contributed by atoms with Crippen LogP contribution in [0.4, 0.5) is 10.1 Å². The Bertz CT molecular complexity index is 581. The van der Waals surface area contributed by atoms with Crippen molar-refractivity contribution in [2.45, 2.75) is 0 Å². The van der Waals surface area contributed by atoms with Crippen LogP contribution in [0.5, 0.6) is 5.75 Å². The van der Waals surface area contributed by atoms with Crippen molar-refractivity contribution in [1.29, 1.82) is 0 Å². The van der Waals surface area contributed by atoms with E-state index in [0.717, 1.165) is 12.1 Å². The van der Waals surface area contributed by atoms with Gasteiger partial charge in [-0.05, 0) is 30.3 Å². The molecule has 2 N–H and O–H groups in total. The van der Waals surface area contributed by atoms with Gasteiger partial charge in [0, 0.05) is 10.7 Å². The van der Waals surface area contributed by atoms with Crippen LogP contribution in [0.2, 0.25) is 5.02 Å². The summed E-state index contributed by atoms with van der Waals surface area (Å²) in [6, 6.07) is 9.78. The number of amides is 1. The standard InChI is InChI=1S/C13H9ClFNO2/c14-8-5-9(15)7-10(6-8)16-13(18)11-3-1-2-4-12(11)17/h1-7,17H,(H,16,18). The quantitative estimate of drug-likeness (QED) is 0.874. The Hall–Kier alpha value is -2.07. The number of carbonyl (C=O) groups excluding carboxylic acids is 1. The van der Waals surface area contributed by atoms with Gasteiger partial charge in [-0.15, -0.1) is 0 Å². The van der Waals surface area contributed by atoms with Crippen LogP contribution in [-0.2, 0) is 0 Å². The van der Waals surface area contributed by atoms with Crippen LogP contribution in [0.25, 0.3) is 0 Å². The van der Waals surface area contributed by atoms with Crippen molar-refractivity contribution >= 4 is 23.2 Å². The molecule has 1 amide bonds. The number of carbonyl (C=O) groups is 1. The zero-order valence-corrected chi connectivity index (χ0v) is 9.91. The number of rotatable bonds is 2.